The van der Waals surface area contributed by atoms with E-state index in [2.05, 4.69) is 11.9 Å². The summed E-state index contributed by atoms with van der Waals surface area (Å²) in [6.45, 7) is 6.10. The number of esters is 1. The van der Waals surface area contributed by atoms with Crippen LogP contribution in [0.5, 0.6) is 0 Å². The number of ether oxygens (including phenoxy) is 1. The van der Waals surface area contributed by atoms with Gasteiger partial charge in [-0.2, -0.15) is 0 Å². The number of hydrogen-bond acceptors (Lipinski definition) is 4. The molecule has 1 aromatic heterocycles. The zero-order valence-corrected chi connectivity index (χ0v) is 11.0. The smallest absolute Gasteiger partial charge is 0.345 e. The van der Waals surface area contributed by atoms with E-state index in [1.165, 1.54) is 6.20 Å². The van der Waals surface area contributed by atoms with Crippen LogP contribution in [0.4, 0.5) is 0 Å². The third-order valence-corrected chi connectivity index (χ3v) is 3.28. The molecular formula is C13H18N2O3. The van der Waals surface area contributed by atoms with E-state index in [4.69, 9.17) is 4.74 Å². The second-order valence-electron chi connectivity index (χ2n) is 4.88. The fraction of sp³-hybridized carbons (Fsp3) is 0.615. The summed E-state index contributed by atoms with van der Waals surface area (Å²) < 4.78 is 6.50. The maximum absolute atomic E-state index is 12.3. The van der Waals surface area contributed by atoms with Gasteiger partial charge in [-0.3, -0.25) is 9.36 Å². The highest BCUT2D eigenvalue weighted by Gasteiger charge is 2.26. The van der Waals surface area contributed by atoms with E-state index in [0.717, 1.165) is 18.7 Å². The van der Waals surface area contributed by atoms with Gasteiger partial charge in [0.25, 0.3) is 5.56 Å². The van der Waals surface area contributed by atoms with Gasteiger partial charge in [0.1, 0.15) is 11.4 Å². The Morgan fingerprint density at radius 2 is 2.28 bits per heavy atom. The first-order valence-electron chi connectivity index (χ1n) is 6.32. The third-order valence-electron chi connectivity index (χ3n) is 3.28. The van der Waals surface area contributed by atoms with E-state index in [-0.39, 0.29) is 23.8 Å². The number of nitrogens with zero attached hydrogens (tertiary/aromatic N) is 2. The van der Waals surface area contributed by atoms with Crippen molar-refractivity contribution in [1.29, 1.82) is 0 Å². The van der Waals surface area contributed by atoms with Crippen molar-refractivity contribution in [2.24, 2.45) is 5.92 Å². The van der Waals surface area contributed by atoms with Gasteiger partial charge in [0.05, 0.1) is 6.61 Å². The Kier molecular flexibility index (Phi) is 3.50. The molecule has 2 atom stereocenters. The van der Waals surface area contributed by atoms with Crippen LogP contribution in [0.2, 0.25) is 0 Å². The van der Waals surface area contributed by atoms with Gasteiger partial charge in [0, 0.05) is 18.7 Å². The Balaban J connectivity index is 2.47. The molecule has 18 heavy (non-hydrogen) atoms. The minimum Gasteiger partial charge on any atom is -0.462 e. The molecule has 2 rings (SSSR count). The normalized spacial score (nSPS) is 22.4. The van der Waals surface area contributed by atoms with Gasteiger partial charge in [-0.05, 0) is 26.2 Å². The molecule has 0 fully saturated rings. The van der Waals surface area contributed by atoms with E-state index in [0.29, 0.717) is 5.92 Å². The highest BCUT2D eigenvalue weighted by molar-refractivity contribution is 5.88. The highest BCUT2D eigenvalue weighted by atomic mass is 16.5. The topological polar surface area (TPSA) is 61.2 Å². The molecule has 1 aromatic rings. The molecule has 0 saturated carbocycles. The molecule has 0 aromatic carbocycles. The van der Waals surface area contributed by atoms with Crippen molar-refractivity contribution in [3.05, 3.63) is 27.9 Å². The number of fused-ring (bicyclic) bond motifs is 1. The number of rotatable bonds is 2. The van der Waals surface area contributed by atoms with Crippen LogP contribution in [0.1, 0.15) is 49.4 Å². The fourth-order valence-corrected chi connectivity index (χ4v) is 2.54. The molecule has 5 nitrogen and oxygen atoms in total. The molecule has 5 heteroatoms. The predicted molar refractivity (Wildman–Crippen MR) is 66.6 cm³/mol. The SMILES string of the molecule is CCOC(=O)c1cnc2n(c1=O)[C@@H](C)C[C@@H](C)C2. The van der Waals surface area contributed by atoms with Crippen LogP contribution in [0.15, 0.2) is 11.0 Å². The summed E-state index contributed by atoms with van der Waals surface area (Å²) in [4.78, 5) is 28.2. The fourth-order valence-electron chi connectivity index (χ4n) is 2.54. The summed E-state index contributed by atoms with van der Waals surface area (Å²) >= 11 is 0. The van der Waals surface area contributed by atoms with Gasteiger partial charge < -0.3 is 4.74 Å². The largest absolute Gasteiger partial charge is 0.462 e. The molecule has 98 valence electrons. The zero-order valence-electron chi connectivity index (χ0n) is 11.0. The minimum atomic E-state index is -0.587. The van der Waals surface area contributed by atoms with Gasteiger partial charge in [0.15, 0.2) is 0 Å². The Bertz CT molecular complexity index is 521. The monoisotopic (exact) mass is 250 g/mol. The molecule has 1 aliphatic rings. The van der Waals surface area contributed by atoms with Crippen molar-refractivity contribution in [3.8, 4) is 0 Å². The van der Waals surface area contributed by atoms with Gasteiger partial charge in [-0.1, -0.05) is 6.92 Å². The molecule has 0 unspecified atom stereocenters. The van der Waals surface area contributed by atoms with E-state index in [1.807, 2.05) is 6.92 Å². The van der Waals surface area contributed by atoms with E-state index >= 15 is 0 Å². The molecule has 0 bridgehead atoms. The van der Waals surface area contributed by atoms with E-state index < -0.39 is 5.97 Å². The van der Waals surface area contributed by atoms with Gasteiger partial charge >= 0.3 is 5.97 Å². The molecule has 2 heterocycles. The van der Waals surface area contributed by atoms with Crippen LogP contribution in [0, 0.1) is 5.92 Å². The Morgan fingerprint density at radius 3 is 2.94 bits per heavy atom. The van der Waals surface area contributed by atoms with Crippen LogP contribution < -0.4 is 5.56 Å². The Hall–Kier alpha value is -1.65. The first-order valence-corrected chi connectivity index (χ1v) is 6.32. The molecular weight excluding hydrogens is 232 g/mol. The van der Waals surface area contributed by atoms with Crippen LogP contribution in [-0.2, 0) is 11.2 Å². The quantitative estimate of drug-likeness (QED) is 0.747. The van der Waals surface area contributed by atoms with E-state index in [1.54, 1.807) is 11.5 Å². The standard InChI is InChI=1S/C13H18N2O3/c1-4-18-13(17)10-7-14-11-6-8(2)5-9(3)15(11)12(10)16/h7-9H,4-6H2,1-3H3/t8-,9+/m1/s1. The summed E-state index contributed by atoms with van der Waals surface area (Å²) in [7, 11) is 0. The predicted octanol–water partition coefficient (Wildman–Crippen LogP) is 1.56. The first-order chi connectivity index (χ1) is 8.54. The van der Waals surface area contributed by atoms with Crippen molar-refractivity contribution >= 4 is 5.97 Å². The maximum Gasteiger partial charge on any atom is 0.345 e. The summed E-state index contributed by atoms with van der Waals surface area (Å²) in [5.74, 6) is 0.691. The lowest BCUT2D eigenvalue weighted by molar-refractivity contribution is 0.0522. The van der Waals surface area contributed by atoms with Crippen molar-refractivity contribution in [2.45, 2.75) is 39.7 Å². The van der Waals surface area contributed by atoms with Crippen molar-refractivity contribution in [3.63, 3.8) is 0 Å². The first kappa shape index (κ1) is 12.8. The maximum atomic E-state index is 12.3. The average molecular weight is 250 g/mol. The second kappa shape index (κ2) is 4.92. The van der Waals surface area contributed by atoms with Crippen LogP contribution >= 0.6 is 0 Å². The number of hydrogen-bond donors (Lipinski definition) is 0. The van der Waals surface area contributed by atoms with Gasteiger partial charge in [-0.15, -0.1) is 0 Å². The summed E-state index contributed by atoms with van der Waals surface area (Å²) in [6.07, 6.45) is 3.06. The molecule has 1 aliphatic heterocycles. The van der Waals surface area contributed by atoms with Crippen LogP contribution in [0.3, 0.4) is 0 Å². The molecule has 0 saturated heterocycles. The summed E-state index contributed by atoms with van der Waals surface area (Å²) in [5, 5.41) is 0. The zero-order chi connectivity index (χ0) is 13.3. The van der Waals surface area contributed by atoms with E-state index in [9.17, 15) is 9.59 Å². The highest BCUT2D eigenvalue weighted by Crippen LogP contribution is 2.25. The van der Waals surface area contributed by atoms with Gasteiger partial charge in [0.2, 0.25) is 0 Å². The Labute approximate surface area is 106 Å². The summed E-state index contributed by atoms with van der Waals surface area (Å²) in [5.41, 5.74) is -0.250. The van der Waals surface area contributed by atoms with Crippen molar-refractivity contribution < 1.29 is 9.53 Å². The summed E-state index contributed by atoms with van der Waals surface area (Å²) in [6, 6.07) is 0.0816. The van der Waals surface area contributed by atoms with Crippen molar-refractivity contribution in [2.75, 3.05) is 6.61 Å². The molecule has 0 amide bonds. The van der Waals surface area contributed by atoms with Gasteiger partial charge in [-0.25, -0.2) is 9.78 Å². The lowest BCUT2D eigenvalue weighted by atomic mass is 9.94. The minimum absolute atomic E-state index is 0.0296. The average Bonchev–Trinajstić information content (AvgIpc) is 2.28. The number of carbonyl (C=O) groups is 1. The lowest BCUT2D eigenvalue weighted by Crippen LogP contribution is -2.36. The van der Waals surface area contributed by atoms with Crippen LogP contribution in [-0.4, -0.2) is 22.1 Å². The van der Waals surface area contributed by atoms with Crippen LogP contribution in [0.25, 0.3) is 0 Å². The van der Waals surface area contributed by atoms with Crippen molar-refractivity contribution in [1.82, 2.24) is 9.55 Å². The second-order valence-corrected chi connectivity index (χ2v) is 4.88. The molecule has 0 aliphatic carbocycles. The Morgan fingerprint density at radius 1 is 1.56 bits per heavy atom. The third kappa shape index (κ3) is 2.17. The number of carbonyl (C=O) groups excluding carboxylic acids is 1. The lowest BCUT2D eigenvalue weighted by Gasteiger charge is -2.28. The molecule has 0 spiro atoms. The molecule has 0 N–H and O–H groups in total. The molecule has 0 radical (unpaired) electrons. The number of aromatic nitrogens is 2.